The van der Waals surface area contributed by atoms with Crippen LogP contribution in [0.4, 0.5) is 5.69 Å². The Labute approximate surface area is 134 Å². The Morgan fingerprint density at radius 2 is 1.95 bits per heavy atom. The molecule has 0 amide bonds. The molecule has 0 saturated carbocycles. The smallest absolute Gasteiger partial charge is 0.121 e. The summed E-state index contributed by atoms with van der Waals surface area (Å²) in [6.07, 6.45) is 0. The van der Waals surface area contributed by atoms with Gasteiger partial charge in [0.2, 0.25) is 0 Å². The number of ether oxygens (including phenoxy) is 2. The molecule has 3 nitrogen and oxygen atoms in total. The van der Waals surface area contributed by atoms with Crippen LogP contribution in [0.1, 0.15) is 11.1 Å². The molecule has 0 spiro atoms. The first kappa shape index (κ1) is 15.9. The minimum atomic E-state index is 0.561. The van der Waals surface area contributed by atoms with Gasteiger partial charge in [-0.25, -0.2) is 0 Å². The minimum Gasteiger partial charge on any atom is -0.491 e. The summed E-state index contributed by atoms with van der Waals surface area (Å²) in [5.74, 6) is 0.851. The van der Waals surface area contributed by atoms with E-state index in [0.29, 0.717) is 13.2 Å². The van der Waals surface area contributed by atoms with Crippen molar-refractivity contribution in [3.8, 4) is 5.75 Å². The maximum absolute atomic E-state index is 5.60. The normalized spacial score (nSPS) is 10.4. The van der Waals surface area contributed by atoms with E-state index in [4.69, 9.17) is 9.47 Å². The average molecular weight is 350 g/mol. The molecule has 0 bridgehead atoms. The van der Waals surface area contributed by atoms with Crippen molar-refractivity contribution in [1.82, 2.24) is 0 Å². The second-order valence-corrected chi connectivity index (χ2v) is 5.66. The van der Waals surface area contributed by atoms with Gasteiger partial charge in [-0.15, -0.1) is 0 Å². The number of hydrogen-bond donors (Lipinski definition) is 1. The van der Waals surface area contributed by atoms with Crippen LogP contribution in [0.5, 0.6) is 5.75 Å². The predicted octanol–water partition coefficient (Wildman–Crippen LogP) is 4.39. The molecule has 4 heteroatoms. The van der Waals surface area contributed by atoms with Gasteiger partial charge < -0.3 is 14.8 Å². The molecule has 2 aromatic carbocycles. The number of hydrogen-bond acceptors (Lipinski definition) is 3. The molecule has 0 unspecified atom stereocenters. The van der Waals surface area contributed by atoms with Crippen LogP contribution in [0.2, 0.25) is 0 Å². The van der Waals surface area contributed by atoms with Crippen LogP contribution in [0, 0.1) is 6.92 Å². The number of rotatable bonds is 7. The van der Waals surface area contributed by atoms with E-state index in [1.165, 1.54) is 11.1 Å². The Bertz CT molecular complexity index is 587. The largest absolute Gasteiger partial charge is 0.491 e. The second kappa shape index (κ2) is 8.05. The van der Waals surface area contributed by atoms with E-state index in [-0.39, 0.29) is 0 Å². The fourth-order valence-corrected chi connectivity index (χ4v) is 2.21. The van der Waals surface area contributed by atoms with Gasteiger partial charge in [-0.05, 0) is 36.2 Å². The summed E-state index contributed by atoms with van der Waals surface area (Å²) in [6, 6.07) is 14.3. The SMILES string of the molecule is COCCOc1cccc(NCc2ccc(Br)c(C)c2)c1. The lowest BCUT2D eigenvalue weighted by Crippen LogP contribution is -2.05. The number of halogens is 1. The van der Waals surface area contributed by atoms with E-state index in [1.807, 2.05) is 24.3 Å². The number of anilines is 1. The third-order valence-electron chi connectivity index (χ3n) is 3.11. The predicted molar refractivity (Wildman–Crippen MR) is 90.0 cm³/mol. The summed E-state index contributed by atoms with van der Waals surface area (Å²) in [5.41, 5.74) is 3.54. The maximum atomic E-state index is 5.60. The molecule has 0 radical (unpaired) electrons. The van der Waals surface area contributed by atoms with Crippen molar-refractivity contribution in [3.63, 3.8) is 0 Å². The standard InChI is InChI=1S/C17H20BrNO2/c1-13-10-14(6-7-17(13)18)12-19-15-4-3-5-16(11-15)21-9-8-20-2/h3-7,10-11,19H,8-9,12H2,1-2H3. The Balaban J connectivity index is 1.93. The third kappa shape index (κ3) is 5.06. The molecule has 0 aromatic heterocycles. The molecule has 0 atom stereocenters. The van der Waals surface area contributed by atoms with Gasteiger partial charge in [-0.1, -0.05) is 34.1 Å². The van der Waals surface area contributed by atoms with Crippen molar-refractivity contribution >= 4 is 21.6 Å². The number of aryl methyl sites for hydroxylation is 1. The molecule has 0 aliphatic heterocycles. The molecule has 21 heavy (non-hydrogen) atoms. The van der Waals surface area contributed by atoms with Gasteiger partial charge in [0.25, 0.3) is 0 Å². The molecule has 0 fully saturated rings. The van der Waals surface area contributed by atoms with Crippen LogP contribution in [0.15, 0.2) is 46.9 Å². The number of benzene rings is 2. The Hall–Kier alpha value is -1.52. The molecule has 2 rings (SSSR count). The summed E-state index contributed by atoms with van der Waals surface area (Å²) < 4.78 is 11.7. The lowest BCUT2D eigenvalue weighted by Gasteiger charge is -2.10. The minimum absolute atomic E-state index is 0.561. The van der Waals surface area contributed by atoms with Crippen LogP contribution in [-0.4, -0.2) is 20.3 Å². The van der Waals surface area contributed by atoms with E-state index < -0.39 is 0 Å². The van der Waals surface area contributed by atoms with E-state index in [0.717, 1.165) is 22.5 Å². The average Bonchev–Trinajstić information content (AvgIpc) is 2.49. The van der Waals surface area contributed by atoms with E-state index in [2.05, 4.69) is 46.4 Å². The van der Waals surface area contributed by atoms with E-state index in [9.17, 15) is 0 Å². The molecular formula is C17H20BrNO2. The molecule has 0 aliphatic carbocycles. The molecule has 0 aliphatic rings. The zero-order valence-electron chi connectivity index (χ0n) is 12.4. The van der Waals surface area contributed by atoms with Crippen LogP contribution in [0.3, 0.4) is 0 Å². The van der Waals surface area contributed by atoms with Gasteiger partial charge >= 0.3 is 0 Å². The van der Waals surface area contributed by atoms with Crippen LogP contribution < -0.4 is 10.1 Å². The van der Waals surface area contributed by atoms with Crippen molar-refractivity contribution in [3.05, 3.63) is 58.1 Å². The van der Waals surface area contributed by atoms with Gasteiger partial charge in [0.05, 0.1) is 6.61 Å². The van der Waals surface area contributed by atoms with Gasteiger partial charge in [-0.3, -0.25) is 0 Å². The van der Waals surface area contributed by atoms with Gasteiger partial charge in [0, 0.05) is 29.9 Å². The van der Waals surface area contributed by atoms with Crippen molar-refractivity contribution in [2.24, 2.45) is 0 Å². The van der Waals surface area contributed by atoms with Crippen LogP contribution >= 0.6 is 15.9 Å². The Morgan fingerprint density at radius 1 is 1.10 bits per heavy atom. The highest BCUT2D eigenvalue weighted by Crippen LogP contribution is 2.20. The summed E-state index contributed by atoms with van der Waals surface area (Å²) in [6.45, 7) is 4.04. The first-order valence-corrected chi connectivity index (χ1v) is 7.69. The first-order valence-electron chi connectivity index (χ1n) is 6.90. The topological polar surface area (TPSA) is 30.5 Å². The molecule has 1 N–H and O–H groups in total. The van der Waals surface area contributed by atoms with Crippen LogP contribution in [-0.2, 0) is 11.3 Å². The molecular weight excluding hydrogens is 330 g/mol. The summed E-state index contributed by atoms with van der Waals surface area (Å²) in [4.78, 5) is 0. The summed E-state index contributed by atoms with van der Waals surface area (Å²) >= 11 is 3.52. The summed E-state index contributed by atoms with van der Waals surface area (Å²) in [7, 11) is 1.67. The van der Waals surface area contributed by atoms with Crippen LogP contribution in [0.25, 0.3) is 0 Å². The fourth-order valence-electron chi connectivity index (χ4n) is 1.96. The van der Waals surface area contributed by atoms with Crippen molar-refractivity contribution in [1.29, 1.82) is 0 Å². The molecule has 0 heterocycles. The third-order valence-corrected chi connectivity index (χ3v) is 4.00. The van der Waals surface area contributed by atoms with Crippen molar-refractivity contribution in [2.75, 3.05) is 25.6 Å². The Morgan fingerprint density at radius 3 is 2.71 bits per heavy atom. The molecule has 0 saturated heterocycles. The molecule has 2 aromatic rings. The fraction of sp³-hybridized carbons (Fsp3) is 0.294. The maximum Gasteiger partial charge on any atom is 0.121 e. The lowest BCUT2D eigenvalue weighted by molar-refractivity contribution is 0.146. The first-order chi connectivity index (χ1) is 10.2. The highest BCUT2D eigenvalue weighted by molar-refractivity contribution is 9.10. The zero-order chi connectivity index (χ0) is 15.1. The monoisotopic (exact) mass is 349 g/mol. The quantitative estimate of drug-likeness (QED) is 0.751. The highest BCUT2D eigenvalue weighted by Gasteiger charge is 2.00. The lowest BCUT2D eigenvalue weighted by atomic mass is 10.1. The molecule has 112 valence electrons. The second-order valence-electron chi connectivity index (χ2n) is 4.81. The van der Waals surface area contributed by atoms with Gasteiger partial charge in [0.1, 0.15) is 12.4 Å². The van der Waals surface area contributed by atoms with Crippen molar-refractivity contribution < 1.29 is 9.47 Å². The zero-order valence-corrected chi connectivity index (χ0v) is 13.9. The van der Waals surface area contributed by atoms with Gasteiger partial charge in [0.15, 0.2) is 0 Å². The number of methoxy groups -OCH3 is 1. The van der Waals surface area contributed by atoms with Crippen molar-refractivity contribution in [2.45, 2.75) is 13.5 Å². The van der Waals surface area contributed by atoms with Gasteiger partial charge in [-0.2, -0.15) is 0 Å². The highest BCUT2D eigenvalue weighted by atomic mass is 79.9. The summed E-state index contributed by atoms with van der Waals surface area (Å²) in [5, 5.41) is 3.41. The Kier molecular flexibility index (Phi) is 6.08. The van der Waals surface area contributed by atoms with E-state index >= 15 is 0 Å². The van der Waals surface area contributed by atoms with E-state index in [1.54, 1.807) is 7.11 Å². The number of nitrogens with one attached hydrogen (secondary N) is 1.